The molecule has 0 unspecified atom stereocenters. The first-order chi connectivity index (χ1) is 18.5. The summed E-state index contributed by atoms with van der Waals surface area (Å²) in [5.74, 6) is -0.814. The number of alkyl halides is 1. The molecule has 0 saturated carbocycles. The van der Waals surface area contributed by atoms with Gasteiger partial charge in [0.2, 0.25) is 15.0 Å². The third-order valence-electron chi connectivity index (χ3n) is 5.76. The predicted octanol–water partition coefficient (Wildman–Crippen LogP) is 7.56. The Labute approximate surface area is 245 Å². The van der Waals surface area contributed by atoms with E-state index in [2.05, 4.69) is 75.6 Å². The zero-order valence-electron chi connectivity index (χ0n) is 22.5. The van der Waals surface area contributed by atoms with Crippen molar-refractivity contribution in [3.63, 3.8) is 0 Å². The van der Waals surface area contributed by atoms with Crippen molar-refractivity contribution < 1.29 is 19.6 Å². The summed E-state index contributed by atoms with van der Waals surface area (Å²) >= 11 is 11.8. The Bertz CT molecular complexity index is 1240. The molecule has 0 fully saturated rings. The van der Waals surface area contributed by atoms with Crippen molar-refractivity contribution in [3.8, 4) is 0 Å². The molecule has 0 bridgehead atoms. The second-order valence-electron chi connectivity index (χ2n) is 7.78. The van der Waals surface area contributed by atoms with E-state index in [1.807, 2.05) is 13.0 Å². The first-order valence-corrected chi connectivity index (χ1v) is 15.3. The fraction of sp³-hybridized carbons (Fsp3) is 0.385. The molecule has 6 nitrogen and oxygen atoms in total. The zero-order valence-corrected chi connectivity index (χ0v) is 25.3. The largest absolute Gasteiger partial charge is 0.319 e. The summed E-state index contributed by atoms with van der Waals surface area (Å²) in [6.45, 7) is 8.28. The number of fused-ring (bicyclic) bond motifs is 2. The van der Waals surface area contributed by atoms with Gasteiger partial charge in [-0.15, -0.1) is 0 Å². The summed E-state index contributed by atoms with van der Waals surface area (Å²) in [6, 6.07) is 8.26. The molecule has 2 heterocycles. The molecule has 12 heteroatoms. The Morgan fingerprint density at radius 2 is 1.24 bits per heavy atom. The number of amides is 1. The van der Waals surface area contributed by atoms with Crippen LogP contribution in [0.1, 0.15) is 56.9 Å². The van der Waals surface area contributed by atoms with Crippen LogP contribution in [0.5, 0.6) is 0 Å². The van der Waals surface area contributed by atoms with Gasteiger partial charge in [-0.2, -0.15) is 0 Å². The summed E-state index contributed by atoms with van der Waals surface area (Å²) in [6.07, 6.45) is 3.81. The number of hydrogen-bond acceptors (Lipinski definition) is 5. The standard InChI is InChI=1S/C13H15NO2.C12H12Cl2N2.CH3F.Cl2OS/c1-3-8-5-6-9(4-2)12-10(8)7-11(15)13(16)14-12;1-3-7-5-6-8(4-2)10-9(7)15-11(13)12(14)16-10;1-2;1-4(2)3/h5-6H,3-4,7H2,1-2H3,(H,14,16);5-6H,3-4H2,1-2H3;1H3;/i;;1D;. The lowest BCUT2D eigenvalue weighted by Gasteiger charge is -2.21. The molecule has 4 rings (SSSR count). The van der Waals surface area contributed by atoms with Gasteiger partial charge in [-0.05, 0) is 53.5 Å². The maximum atomic E-state index is 11.4. The third-order valence-corrected chi connectivity index (χ3v) is 6.38. The van der Waals surface area contributed by atoms with Crippen molar-refractivity contribution in [3.05, 3.63) is 62.4 Å². The Morgan fingerprint density at radius 3 is 1.63 bits per heavy atom. The molecule has 1 N–H and O–H groups in total. The van der Waals surface area contributed by atoms with E-state index in [1.54, 1.807) is 0 Å². The molecule has 0 atom stereocenters. The number of carbonyl (C=O) groups is 2. The lowest BCUT2D eigenvalue weighted by molar-refractivity contribution is -0.134. The van der Waals surface area contributed by atoms with Crippen LogP contribution in [0, 0.1) is 0 Å². The van der Waals surface area contributed by atoms with Crippen LogP contribution < -0.4 is 5.32 Å². The van der Waals surface area contributed by atoms with Crippen LogP contribution in [0.15, 0.2) is 24.3 Å². The average molecular weight is 626 g/mol. The number of nitrogens with zero attached hydrogens (tertiary/aromatic N) is 2. The van der Waals surface area contributed by atoms with E-state index >= 15 is 0 Å². The number of hydrogen-bond donors (Lipinski definition) is 1. The fourth-order valence-electron chi connectivity index (χ4n) is 3.92. The lowest BCUT2D eigenvalue weighted by Crippen LogP contribution is -2.31. The van der Waals surface area contributed by atoms with Crippen molar-refractivity contribution in [2.45, 2.75) is 59.8 Å². The van der Waals surface area contributed by atoms with Crippen LogP contribution in [0.3, 0.4) is 0 Å². The van der Waals surface area contributed by atoms with Crippen molar-refractivity contribution >= 4 is 82.2 Å². The van der Waals surface area contributed by atoms with Gasteiger partial charge in [0.1, 0.15) is 0 Å². The van der Waals surface area contributed by atoms with E-state index in [0.29, 0.717) is 0 Å². The van der Waals surface area contributed by atoms with Crippen molar-refractivity contribution in [1.29, 1.82) is 0 Å². The van der Waals surface area contributed by atoms with Crippen LogP contribution in [-0.4, -0.2) is 33.0 Å². The van der Waals surface area contributed by atoms with Crippen LogP contribution in [0.4, 0.5) is 10.1 Å². The topological polar surface area (TPSA) is 89.0 Å². The SMILES string of the molecule is CCc1ccc(CC)c2c1CC(=O)C(=O)N2.CCc1ccc(CC)c2nc(Cl)c(Cl)nc12.O=S(Cl)Cl.[2H]CF. The first-order valence-electron chi connectivity index (χ1n) is 12.4. The third kappa shape index (κ3) is 9.12. The molecule has 1 amide bonds. The highest BCUT2D eigenvalue weighted by molar-refractivity contribution is 8.26. The monoisotopic (exact) mass is 624 g/mol. The molecular weight excluding hydrogens is 595 g/mol. The van der Waals surface area contributed by atoms with E-state index in [9.17, 15) is 14.0 Å². The van der Waals surface area contributed by atoms with E-state index in [-0.39, 0.29) is 22.5 Å². The number of Topliss-reactive ketones (excluding diaryl/α,β-unsaturated/α-hetero) is 1. The van der Waals surface area contributed by atoms with Gasteiger partial charge < -0.3 is 5.32 Å². The molecule has 0 aliphatic carbocycles. The zero-order chi connectivity index (χ0) is 29.7. The minimum atomic E-state index is -1.67. The highest BCUT2D eigenvalue weighted by Crippen LogP contribution is 2.30. The van der Waals surface area contributed by atoms with Gasteiger partial charge in [0.25, 0.3) is 5.91 Å². The van der Waals surface area contributed by atoms with Crippen molar-refractivity contribution in [2.75, 3.05) is 12.5 Å². The number of carbonyl (C=O) groups excluding carboxylic acids is 2. The summed E-state index contributed by atoms with van der Waals surface area (Å²) in [4.78, 5) is 31.4. The summed E-state index contributed by atoms with van der Waals surface area (Å²) in [7, 11) is 6.36. The van der Waals surface area contributed by atoms with E-state index in [4.69, 9.17) is 28.8 Å². The van der Waals surface area contributed by atoms with Crippen LogP contribution in [0.25, 0.3) is 11.0 Å². The predicted molar refractivity (Wildman–Crippen MR) is 158 cm³/mol. The van der Waals surface area contributed by atoms with Gasteiger partial charge >= 0.3 is 0 Å². The molecule has 0 radical (unpaired) electrons. The molecule has 3 aromatic rings. The van der Waals surface area contributed by atoms with Gasteiger partial charge in [-0.3, -0.25) is 14.0 Å². The minimum Gasteiger partial charge on any atom is -0.319 e. The van der Waals surface area contributed by atoms with E-state index < -0.39 is 22.3 Å². The first kappa shape index (κ1) is 32.4. The van der Waals surface area contributed by atoms with Gasteiger partial charge in [-0.25, -0.2) is 14.2 Å². The van der Waals surface area contributed by atoms with Gasteiger partial charge in [-0.1, -0.05) is 75.2 Å². The van der Waals surface area contributed by atoms with Crippen LogP contribution >= 0.6 is 44.6 Å². The smallest absolute Gasteiger partial charge is 0.292 e. The molecule has 38 heavy (non-hydrogen) atoms. The number of halogens is 5. The maximum absolute atomic E-state index is 11.4. The lowest BCUT2D eigenvalue weighted by atomic mass is 9.91. The summed E-state index contributed by atoms with van der Waals surface area (Å²) in [5, 5.41) is 3.27. The number of ketones is 1. The Kier molecular flexibility index (Phi) is 14.5. The van der Waals surface area contributed by atoms with Crippen molar-refractivity contribution in [2.24, 2.45) is 0 Å². The molecule has 1 aliphatic heterocycles. The maximum Gasteiger partial charge on any atom is 0.292 e. The Balaban J connectivity index is 0.000000316. The molecule has 0 saturated heterocycles. The highest BCUT2D eigenvalue weighted by Gasteiger charge is 2.26. The summed E-state index contributed by atoms with van der Waals surface area (Å²) < 4.78 is 24.6. The second-order valence-corrected chi connectivity index (χ2v) is 11.0. The molecule has 208 valence electrons. The van der Waals surface area contributed by atoms with E-state index in [1.165, 1.54) is 0 Å². The van der Waals surface area contributed by atoms with Gasteiger partial charge in [0.05, 0.1) is 19.6 Å². The van der Waals surface area contributed by atoms with Crippen LogP contribution in [0.2, 0.25) is 10.3 Å². The molecule has 2 aromatic carbocycles. The molecule has 1 aliphatic rings. The number of anilines is 1. The summed E-state index contributed by atoms with van der Waals surface area (Å²) in [5.41, 5.74) is 8.18. The van der Waals surface area contributed by atoms with E-state index in [0.717, 1.165) is 70.2 Å². The van der Waals surface area contributed by atoms with Crippen LogP contribution in [-0.2, 0) is 50.9 Å². The Hall–Kier alpha value is -1.84. The number of rotatable bonds is 4. The normalized spacial score (nSPS) is 12.2. The fourth-order valence-corrected chi connectivity index (χ4v) is 4.17. The van der Waals surface area contributed by atoms with Gasteiger partial charge in [0.15, 0.2) is 10.3 Å². The number of nitrogens with one attached hydrogen (secondary N) is 1. The molecule has 0 spiro atoms. The highest BCUT2D eigenvalue weighted by atomic mass is 36.0. The number of benzene rings is 2. The average Bonchev–Trinajstić information content (AvgIpc) is 2.89. The van der Waals surface area contributed by atoms with Gasteiger partial charge in [0, 0.05) is 33.5 Å². The number of aromatic nitrogens is 2. The minimum absolute atomic E-state index is 0.248. The van der Waals surface area contributed by atoms with Crippen molar-refractivity contribution in [1.82, 2.24) is 9.97 Å². The molecule has 1 aromatic heterocycles. The molecular formula is C26H30Cl4FN3O3S. The quantitative estimate of drug-likeness (QED) is 0.239. The Morgan fingerprint density at radius 1 is 0.868 bits per heavy atom. The second kappa shape index (κ2) is 17.0. The number of aryl methyl sites for hydroxylation is 4.